The van der Waals surface area contributed by atoms with Crippen LogP contribution in [0, 0.1) is 15.9 Å². The summed E-state index contributed by atoms with van der Waals surface area (Å²) < 4.78 is 13.6. The van der Waals surface area contributed by atoms with Crippen LogP contribution in [0.1, 0.15) is 19.3 Å². The lowest BCUT2D eigenvalue weighted by atomic mass is 10.1. The van der Waals surface area contributed by atoms with Crippen molar-refractivity contribution in [2.45, 2.75) is 31.3 Å². The zero-order valence-corrected chi connectivity index (χ0v) is 11.6. The maximum atomic E-state index is 13.6. The lowest BCUT2D eigenvalue weighted by Crippen LogP contribution is -2.33. The summed E-state index contributed by atoms with van der Waals surface area (Å²) in [6.07, 6.45) is 3.16. The van der Waals surface area contributed by atoms with E-state index in [1.807, 2.05) is 0 Å². The fourth-order valence-electron chi connectivity index (χ4n) is 3.25. The maximum Gasteiger partial charge on any atom is 0.294 e. The number of fused-ring (bicyclic) bond motifs is 1. The van der Waals surface area contributed by atoms with Gasteiger partial charge in [-0.05, 0) is 25.8 Å². The zero-order chi connectivity index (χ0) is 14.3. The van der Waals surface area contributed by atoms with Crippen LogP contribution in [0.4, 0.5) is 15.8 Å². The molecule has 0 aliphatic carbocycles. The maximum absolute atomic E-state index is 13.6. The molecule has 0 bridgehead atoms. The first-order valence-corrected chi connectivity index (χ1v) is 7.08. The first kappa shape index (κ1) is 13.6. The molecule has 2 unspecified atom stereocenters. The number of hydrogen-bond acceptors (Lipinski definition) is 4. The van der Waals surface area contributed by atoms with Crippen LogP contribution in [0.5, 0.6) is 0 Å². The summed E-state index contributed by atoms with van der Waals surface area (Å²) in [5, 5.41) is 14.0. The number of benzene rings is 1. The van der Waals surface area contributed by atoms with E-state index in [9.17, 15) is 14.5 Å². The van der Waals surface area contributed by atoms with Gasteiger partial charge in [-0.3, -0.25) is 15.0 Å². The second-order valence-electron chi connectivity index (χ2n) is 5.33. The van der Waals surface area contributed by atoms with Gasteiger partial charge in [0.25, 0.3) is 5.69 Å². The summed E-state index contributed by atoms with van der Waals surface area (Å²) in [6, 6.07) is 2.73. The highest BCUT2D eigenvalue weighted by Crippen LogP contribution is 2.35. The molecule has 1 aromatic rings. The minimum Gasteiger partial charge on any atom is -0.375 e. The molecule has 0 radical (unpaired) electrons. The van der Waals surface area contributed by atoms with E-state index in [1.54, 1.807) is 0 Å². The number of nitro benzene ring substituents is 1. The summed E-state index contributed by atoms with van der Waals surface area (Å²) in [4.78, 5) is 12.9. The summed E-state index contributed by atoms with van der Waals surface area (Å²) in [5.74, 6) is -0.638. The van der Waals surface area contributed by atoms with Crippen molar-refractivity contribution < 1.29 is 9.31 Å². The molecule has 7 heteroatoms. The van der Waals surface area contributed by atoms with Gasteiger partial charge in [-0.1, -0.05) is 11.6 Å². The number of hydrogen-bond donors (Lipinski definition) is 1. The highest BCUT2D eigenvalue weighted by Gasteiger charge is 2.37. The number of rotatable bonds is 3. The molecule has 2 saturated heterocycles. The van der Waals surface area contributed by atoms with Gasteiger partial charge in [-0.15, -0.1) is 0 Å². The van der Waals surface area contributed by atoms with Crippen LogP contribution in [-0.4, -0.2) is 35.0 Å². The molecule has 0 amide bonds. The predicted molar refractivity (Wildman–Crippen MR) is 74.7 cm³/mol. The van der Waals surface area contributed by atoms with Crippen LogP contribution >= 0.6 is 11.6 Å². The van der Waals surface area contributed by atoms with Gasteiger partial charge < -0.3 is 5.32 Å². The van der Waals surface area contributed by atoms with E-state index in [1.165, 1.54) is 0 Å². The van der Waals surface area contributed by atoms with Crippen molar-refractivity contribution in [2.75, 3.05) is 18.4 Å². The van der Waals surface area contributed by atoms with Crippen LogP contribution in [-0.2, 0) is 0 Å². The van der Waals surface area contributed by atoms with Gasteiger partial charge in [0.1, 0.15) is 11.5 Å². The first-order valence-electron chi connectivity index (χ1n) is 6.70. The second-order valence-corrected chi connectivity index (χ2v) is 5.73. The molecule has 5 nitrogen and oxygen atoms in total. The Morgan fingerprint density at radius 1 is 1.40 bits per heavy atom. The number of nitrogens with one attached hydrogen (secondary N) is 1. The Labute approximate surface area is 120 Å². The number of nitrogens with zero attached hydrogens (tertiary/aromatic N) is 2. The summed E-state index contributed by atoms with van der Waals surface area (Å²) >= 11 is 5.62. The molecule has 0 aromatic heterocycles. The van der Waals surface area contributed by atoms with E-state index in [0.29, 0.717) is 6.04 Å². The number of anilines is 1. The average Bonchev–Trinajstić information content (AvgIpc) is 2.98. The van der Waals surface area contributed by atoms with E-state index >= 15 is 0 Å². The van der Waals surface area contributed by atoms with E-state index in [-0.39, 0.29) is 22.4 Å². The SMILES string of the molecule is O=[N+]([O-])c1cc(Cl)c(F)cc1NC1CCN2CCCC12. The Bertz CT molecular complexity index is 555. The summed E-state index contributed by atoms with van der Waals surface area (Å²) in [5.41, 5.74) is 0.0449. The predicted octanol–water partition coefficient (Wildman–Crippen LogP) is 3.04. The van der Waals surface area contributed by atoms with Crippen LogP contribution < -0.4 is 5.32 Å². The summed E-state index contributed by atoms with van der Waals surface area (Å²) in [6.45, 7) is 2.08. The van der Waals surface area contributed by atoms with Crippen molar-refractivity contribution in [1.82, 2.24) is 4.90 Å². The van der Waals surface area contributed by atoms with E-state index in [2.05, 4.69) is 10.2 Å². The fourth-order valence-corrected chi connectivity index (χ4v) is 3.41. The monoisotopic (exact) mass is 299 g/mol. The Morgan fingerprint density at radius 3 is 2.95 bits per heavy atom. The molecule has 2 fully saturated rings. The van der Waals surface area contributed by atoms with Gasteiger partial charge in [0, 0.05) is 30.8 Å². The van der Waals surface area contributed by atoms with Gasteiger partial charge in [0.15, 0.2) is 0 Å². The Hall–Kier alpha value is -1.40. The number of halogens is 2. The topological polar surface area (TPSA) is 58.4 Å². The second kappa shape index (κ2) is 5.18. The molecule has 0 spiro atoms. The molecule has 0 saturated carbocycles. The van der Waals surface area contributed by atoms with Crippen LogP contribution in [0.15, 0.2) is 12.1 Å². The Kier molecular flexibility index (Phi) is 3.52. The molecule has 108 valence electrons. The molecule has 20 heavy (non-hydrogen) atoms. The molecular formula is C13H15ClFN3O2. The third-order valence-corrected chi connectivity index (χ3v) is 4.47. The average molecular weight is 300 g/mol. The molecular weight excluding hydrogens is 285 g/mol. The van der Waals surface area contributed by atoms with Crippen molar-refractivity contribution in [3.8, 4) is 0 Å². The standard InChI is InChI=1S/C13H15ClFN3O2/c14-8-6-13(18(19)20)11(7-9(8)15)16-10-3-5-17-4-1-2-12(10)17/h6-7,10,12,16H,1-5H2. The van der Waals surface area contributed by atoms with Crippen LogP contribution in [0.25, 0.3) is 0 Å². The lowest BCUT2D eigenvalue weighted by Gasteiger charge is -2.22. The lowest BCUT2D eigenvalue weighted by molar-refractivity contribution is -0.384. The minimum atomic E-state index is -0.638. The smallest absolute Gasteiger partial charge is 0.294 e. The first-order chi connectivity index (χ1) is 9.56. The van der Waals surface area contributed by atoms with E-state index in [0.717, 1.165) is 44.5 Å². The summed E-state index contributed by atoms with van der Waals surface area (Å²) in [7, 11) is 0. The fraction of sp³-hybridized carbons (Fsp3) is 0.538. The molecule has 2 heterocycles. The Balaban J connectivity index is 1.86. The van der Waals surface area contributed by atoms with Crippen molar-refractivity contribution in [3.05, 3.63) is 33.1 Å². The quantitative estimate of drug-likeness (QED) is 0.688. The van der Waals surface area contributed by atoms with Crippen molar-refractivity contribution in [1.29, 1.82) is 0 Å². The molecule has 1 aromatic carbocycles. The van der Waals surface area contributed by atoms with Crippen molar-refractivity contribution >= 4 is 23.0 Å². The van der Waals surface area contributed by atoms with Gasteiger partial charge in [0.05, 0.1) is 9.95 Å². The molecule has 2 atom stereocenters. The zero-order valence-electron chi connectivity index (χ0n) is 10.8. The Morgan fingerprint density at radius 2 is 2.20 bits per heavy atom. The highest BCUT2D eigenvalue weighted by atomic mass is 35.5. The third-order valence-electron chi connectivity index (χ3n) is 4.18. The van der Waals surface area contributed by atoms with E-state index < -0.39 is 10.7 Å². The third kappa shape index (κ3) is 2.33. The van der Waals surface area contributed by atoms with Gasteiger partial charge in [0.2, 0.25) is 0 Å². The molecule has 3 rings (SSSR count). The molecule has 2 aliphatic rings. The van der Waals surface area contributed by atoms with Crippen molar-refractivity contribution in [3.63, 3.8) is 0 Å². The molecule has 1 N–H and O–H groups in total. The largest absolute Gasteiger partial charge is 0.375 e. The van der Waals surface area contributed by atoms with Crippen LogP contribution in [0.3, 0.4) is 0 Å². The molecule has 2 aliphatic heterocycles. The van der Waals surface area contributed by atoms with Crippen molar-refractivity contribution in [2.24, 2.45) is 0 Å². The normalized spacial score (nSPS) is 25.7. The van der Waals surface area contributed by atoms with Gasteiger partial charge >= 0.3 is 0 Å². The number of nitro groups is 1. The van der Waals surface area contributed by atoms with E-state index in [4.69, 9.17) is 11.6 Å². The highest BCUT2D eigenvalue weighted by molar-refractivity contribution is 6.31. The van der Waals surface area contributed by atoms with Gasteiger partial charge in [-0.2, -0.15) is 0 Å². The minimum absolute atomic E-state index is 0.136. The van der Waals surface area contributed by atoms with Crippen LogP contribution in [0.2, 0.25) is 5.02 Å². The van der Waals surface area contributed by atoms with Gasteiger partial charge in [-0.25, -0.2) is 4.39 Å².